The second-order valence-electron chi connectivity index (χ2n) is 18.5. The number of rotatable bonds is 50. The first-order chi connectivity index (χ1) is 29.5. The van der Waals surface area contributed by atoms with Gasteiger partial charge in [0.05, 0.1) is 0 Å². The Balaban J connectivity index is 4.30. The number of esters is 3. The molecule has 0 spiro atoms. The SMILES string of the molecule is CCCCCCCCCCCCCCCCCC(=O)O[C@@H](COC(=O)CCCCCCCCCCCCCCC)COC(=O)CCCCCCCCCCCCCCCC. The van der Waals surface area contributed by atoms with Crippen molar-refractivity contribution >= 4 is 17.9 Å². The number of unbranched alkanes of at least 4 members (excludes halogenated alkanes) is 39. The van der Waals surface area contributed by atoms with E-state index in [1.165, 1.54) is 212 Å². The minimum atomic E-state index is -0.760. The molecule has 6 nitrogen and oxygen atoms in total. The quantitative estimate of drug-likeness (QED) is 0.0345. The van der Waals surface area contributed by atoms with E-state index in [4.69, 9.17) is 14.2 Å². The summed E-state index contributed by atoms with van der Waals surface area (Å²) in [7, 11) is 0. The van der Waals surface area contributed by atoms with Crippen LogP contribution in [0.4, 0.5) is 0 Å². The standard InChI is InChI=1S/C54H104O6/c1-4-7-10-13-16-19-22-25-27-30-33-36-39-42-45-48-54(57)60-51(49-58-52(55)46-43-40-37-34-31-28-24-21-18-15-12-9-6-3)50-59-53(56)47-44-41-38-35-32-29-26-23-20-17-14-11-8-5-2/h51H,4-50H2,1-3H3/t51-/m0/s1. The van der Waals surface area contributed by atoms with Crippen LogP contribution in [-0.4, -0.2) is 37.2 Å². The largest absolute Gasteiger partial charge is 0.462 e. The Labute approximate surface area is 374 Å². The van der Waals surface area contributed by atoms with Crippen molar-refractivity contribution in [3.8, 4) is 0 Å². The zero-order valence-corrected chi connectivity index (χ0v) is 40.8. The van der Waals surface area contributed by atoms with Crippen LogP contribution in [0.3, 0.4) is 0 Å². The summed E-state index contributed by atoms with van der Waals surface area (Å²) >= 11 is 0. The number of ether oxygens (including phenoxy) is 3. The molecule has 0 heterocycles. The summed E-state index contributed by atoms with van der Waals surface area (Å²) in [6.07, 6.45) is 53.7. The molecular weight excluding hydrogens is 745 g/mol. The van der Waals surface area contributed by atoms with E-state index >= 15 is 0 Å². The van der Waals surface area contributed by atoms with Crippen molar-refractivity contribution in [2.45, 2.75) is 316 Å². The summed E-state index contributed by atoms with van der Waals surface area (Å²) in [5.41, 5.74) is 0. The number of carbonyl (C=O) groups excluding carboxylic acids is 3. The zero-order chi connectivity index (χ0) is 43.7. The molecular formula is C54H104O6. The monoisotopic (exact) mass is 849 g/mol. The van der Waals surface area contributed by atoms with Crippen molar-refractivity contribution in [1.82, 2.24) is 0 Å². The fourth-order valence-corrected chi connectivity index (χ4v) is 8.27. The van der Waals surface area contributed by atoms with Crippen LogP contribution in [0.1, 0.15) is 310 Å². The smallest absolute Gasteiger partial charge is 0.306 e. The zero-order valence-electron chi connectivity index (χ0n) is 40.8. The molecule has 0 amide bonds. The first-order valence-electron chi connectivity index (χ1n) is 27.0. The van der Waals surface area contributed by atoms with Crippen LogP contribution in [0.2, 0.25) is 0 Å². The highest BCUT2D eigenvalue weighted by molar-refractivity contribution is 5.71. The van der Waals surface area contributed by atoms with Gasteiger partial charge in [0.1, 0.15) is 13.2 Å². The van der Waals surface area contributed by atoms with Crippen molar-refractivity contribution in [3.63, 3.8) is 0 Å². The van der Waals surface area contributed by atoms with Crippen molar-refractivity contribution in [1.29, 1.82) is 0 Å². The summed E-state index contributed by atoms with van der Waals surface area (Å²) in [6.45, 7) is 6.69. The lowest BCUT2D eigenvalue weighted by molar-refractivity contribution is -0.167. The lowest BCUT2D eigenvalue weighted by Gasteiger charge is -2.18. The number of carbonyl (C=O) groups is 3. The summed E-state index contributed by atoms with van der Waals surface area (Å²) in [6, 6.07) is 0. The van der Waals surface area contributed by atoms with Gasteiger partial charge < -0.3 is 14.2 Å². The van der Waals surface area contributed by atoms with Crippen molar-refractivity contribution in [2.75, 3.05) is 13.2 Å². The molecule has 0 aromatic rings. The first kappa shape index (κ1) is 58.4. The van der Waals surface area contributed by atoms with Crippen LogP contribution >= 0.6 is 0 Å². The lowest BCUT2D eigenvalue weighted by atomic mass is 10.0. The molecule has 0 aromatic carbocycles. The first-order valence-corrected chi connectivity index (χ1v) is 27.0. The summed E-state index contributed by atoms with van der Waals surface area (Å²) in [5.74, 6) is -0.837. The third kappa shape index (κ3) is 47.5. The molecule has 1 atom stereocenters. The molecule has 356 valence electrons. The highest BCUT2D eigenvalue weighted by Gasteiger charge is 2.19. The molecule has 0 aliphatic rings. The van der Waals surface area contributed by atoms with Gasteiger partial charge in [-0.05, 0) is 19.3 Å². The Morgan fingerprint density at radius 3 is 0.667 bits per heavy atom. The van der Waals surface area contributed by atoms with Gasteiger partial charge in [-0.15, -0.1) is 0 Å². The van der Waals surface area contributed by atoms with Crippen molar-refractivity contribution in [3.05, 3.63) is 0 Å². The van der Waals surface area contributed by atoms with E-state index in [2.05, 4.69) is 20.8 Å². The van der Waals surface area contributed by atoms with Crippen LogP contribution < -0.4 is 0 Å². The van der Waals surface area contributed by atoms with E-state index in [9.17, 15) is 14.4 Å². The number of hydrogen-bond donors (Lipinski definition) is 0. The average molecular weight is 849 g/mol. The predicted octanol–water partition coefficient (Wildman–Crippen LogP) is 17.6. The molecule has 0 aromatic heterocycles. The van der Waals surface area contributed by atoms with E-state index in [1.807, 2.05) is 0 Å². The van der Waals surface area contributed by atoms with E-state index in [0.717, 1.165) is 57.8 Å². The molecule has 0 unspecified atom stereocenters. The highest BCUT2D eigenvalue weighted by Crippen LogP contribution is 2.17. The topological polar surface area (TPSA) is 78.9 Å². The maximum Gasteiger partial charge on any atom is 0.306 e. The summed E-state index contributed by atoms with van der Waals surface area (Å²) in [4.78, 5) is 38.0. The van der Waals surface area contributed by atoms with Gasteiger partial charge in [0.2, 0.25) is 0 Å². The molecule has 60 heavy (non-hydrogen) atoms. The van der Waals surface area contributed by atoms with Crippen molar-refractivity contribution < 1.29 is 28.6 Å². The maximum absolute atomic E-state index is 12.8. The number of hydrogen-bond acceptors (Lipinski definition) is 6. The minimum Gasteiger partial charge on any atom is -0.462 e. The van der Waals surface area contributed by atoms with Gasteiger partial charge in [-0.2, -0.15) is 0 Å². The molecule has 0 aliphatic carbocycles. The Kier molecular flexibility index (Phi) is 48.7. The molecule has 0 rings (SSSR count). The minimum absolute atomic E-state index is 0.0615. The van der Waals surface area contributed by atoms with Gasteiger partial charge in [0.15, 0.2) is 6.10 Å². The summed E-state index contributed by atoms with van der Waals surface area (Å²) < 4.78 is 16.8. The molecule has 0 radical (unpaired) electrons. The fraction of sp³-hybridized carbons (Fsp3) is 0.944. The maximum atomic E-state index is 12.8. The van der Waals surface area contributed by atoms with Crippen molar-refractivity contribution in [2.24, 2.45) is 0 Å². The van der Waals surface area contributed by atoms with Crippen LogP contribution in [-0.2, 0) is 28.6 Å². The summed E-state index contributed by atoms with van der Waals surface area (Å²) in [5, 5.41) is 0. The molecule has 0 saturated heterocycles. The second-order valence-corrected chi connectivity index (χ2v) is 18.5. The normalized spacial score (nSPS) is 11.8. The molecule has 0 fully saturated rings. The highest BCUT2D eigenvalue weighted by atomic mass is 16.6. The van der Waals surface area contributed by atoms with Crippen LogP contribution in [0.25, 0.3) is 0 Å². The van der Waals surface area contributed by atoms with Gasteiger partial charge in [0.25, 0.3) is 0 Å². The molecule has 0 bridgehead atoms. The Hall–Kier alpha value is -1.59. The molecule has 0 aliphatic heterocycles. The van der Waals surface area contributed by atoms with E-state index in [1.54, 1.807) is 0 Å². The second kappa shape index (κ2) is 50.1. The fourth-order valence-electron chi connectivity index (χ4n) is 8.27. The Morgan fingerprint density at radius 1 is 0.267 bits per heavy atom. The van der Waals surface area contributed by atoms with Gasteiger partial charge in [-0.1, -0.05) is 271 Å². The van der Waals surface area contributed by atoms with Gasteiger partial charge in [0, 0.05) is 19.3 Å². The van der Waals surface area contributed by atoms with Crippen LogP contribution in [0.15, 0.2) is 0 Å². The Morgan fingerprint density at radius 2 is 0.450 bits per heavy atom. The molecule has 0 N–H and O–H groups in total. The lowest BCUT2D eigenvalue weighted by Crippen LogP contribution is -2.30. The van der Waals surface area contributed by atoms with Gasteiger partial charge >= 0.3 is 17.9 Å². The molecule has 6 heteroatoms. The third-order valence-corrected chi connectivity index (χ3v) is 12.4. The van der Waals surface area contributed by atoms with Crippen LogP contribution in [0, 0.1) is 0 Å². The van der Waals surface area contributed by atoms with E-state index < -0.39 is 6.10 Å². The van der Waals surface area contributed by atoms with Gasteiger partial charge in [-0.3, -0.25) is 14.4 Å². The predicted molar refractivity (Wildman–Crippen MR) is 257 cm³/mol. The van der Waals surface area contributed by atoms with Crippen LogP contribution in [0.5, 0.6) is 0 Å². The van der Waals surface area contributed by atoms with E-state index in [-0.39, 0.29) is 31.1 Å². The average Bonchev–Trinajstić information content (AvgIpc) is 3.24. The Bertz CT molecular complexity index is 889. The molecule has 0 saturated carbocycles. The third-order valence-electron chi connectivity index (χ3n) is 12.4. The van der Waals surface area contributed by atoms with Gasteiger partial charge in [-0.25, -0.2) is 0 Å². The van der Waals surface area contributed by atoms with E-state index in [0.29, 0.717) is 19.3 Å².